The van der Waals surface area contributed by atoms with Gasteiger partial charge in [-0.25, -0.2) is 4.68 Å². The molecule has 0 aliphatic carbocycles. The lowest BCUT2D eigenvalue weighted by Crippen LogP contribution is -2.40. The Morgan fingerprint density at radius 2 is 1.81 bits per heavy atom. The summed E-state index contributed by atoms with van der Waals surface area (Å²) < 4.78 is 2.19. The molecule has 0 saturated carbocycles. The molecule has 0 fully saturated rings. The average Bonchev–Trinajstić information content (AvgIpc) is 3.08. The highest BCUT2D eigenvalue weighted by atomic mass is 79.9. The molecule has 3 amide bonds. The summed E-state index contributed by atoms with van der Waals surface area (Å²) in [6, 6.07) is 12.7. The molecule has 162 valence electrons. The first kappa shape index (κ1) is 22.6. The van der Waals surface area contributed by atoms with Crippen molar-refractivity contribution in [1.29, 1.82) is 0 Å². The highest BCUT2D eigenvalue weighted by Gasteiger charge is 2.21. The predicted molar refractivity (Wildman–Crippen MR) is 126 cm³/mol. The highest BCUT2D eigenvalue weighted by molar-refractivity contribution is 9.10. The zero-order chi connectivity index (χ0) is 22.5. The number of benzene rings is 2. The van der Waals surface area contributed by atoms with E-state index >= 15 is 0 Å². The number of carbonyl (C=O) groups is 3. The number of carbonyl (C=O) groups excluding carboxylic acids is 3. The van der Waals surface area contributed by atoms with E-state index in [0.29, 0.717) is 17.7 Å². The lowest BCUT2D eigenvalue weighted by molar-refractivity contribution is -0.136. The van der Waals surface area contributed by atoms with Crippen molar-refractivity contribution >= 4 is 50.2 Å². The van der Waals surface area contributed by atoms with Gasteiger partial charge in [-0.05, 0) is 61.7 Å². The van der Waals surface area contributed by atoms with E-state index in [-0.39, 0.29) is 5.69 Å². The highest BCUT2D eigenvalue weighted by Crippen LogP contribution is 2.25. The Hall–Kier alpha value is -3.13. The van der Waals surface area contributed by atoms with E-state index in [1.165, 1.54) is 4.68 Å². The van der Waals surface area contributed by atoms with E-state index in [0.717, 1.165) is 33.8 Å². The zero-order valence-electron chi connectivity index (χ0n) is 17.7. The van der Waals surface area contributed by atoms with E-state index in [1.807, 2.05) is 45.0 Å². The molecule has 2 aromatic carbocycles. The number of nitrogens with one attached hydrogen (secondary N) is 3. The third-order valence-electron chi connectivity index (χ3n) is 5.08. The van der Waals surface area contributed by atoms with Crippen molar-refractivity contribution in [2.75, 3.05) is 17.3 Å². The fraction of sp³-hybridized carbons (Fsp3) is 0.261. The van der Waals surface area contributed by atoms with Gasteiger partial charge in [0.2, 0.25) is 0 Å². The number of hydrogen-bond acceptors (Lipinski definition) is 3. The third kappa shape index (κ3) is 5.14. The number of hydrogen-bond donors (Lipinski definition) is 3. The average molecular weight is 485 g/mol. The first-order chi connectivity index (χ1) is 14.8. The third-order valence-corrected chi connectivity index (χ3v) is 5.58. The monoisotopic (exact) mass is 484 g/mol. The lowest BCUT2D eigenvalue weighted by Gasteiger charge is -2.14. The Balaban J connectivity index is 1.93. The van der Waals surface area contributed by atoms with Crippen molar-refractivity contribution in [2.24, 2.45) is 0 Å². The number of nitrogens with zero attached hydrogens (tertiary/aromatic N) is 1. The van der Waals surface area contributed by atoms with Crippen molar-refractivity contribution in [3.8, 4) is 0 Å². The molecule has 0 unspecified atom stereocenters. The summed E-state index contributed by atoms with van der Waals surface area (Å²) in [4.78, 5) is 37.7. The fourth-order valence-electron chi connectivity index (χ4n) is 3.16. The first-order valence-electron chi connectivity index (χ1n) is 10.1. The molecule has 0 bridgehead atoms. The summed E-state index contributed by atoms with van der Waals surface area (Å²) >= 11 is 3.42. The zero-order valence-corrected chi connectivity index (χ0v) is 19.3. The molecular formula is C23H25BrN4O3. The summed E-state index contributed by atoms with van der Waals surface area (Å²) in [5.41, 5.74) is 6.08. The molecule has 0 saturated heterocycles. The smallest absolute Gasteiger partial charge is 0.328 e. The summed E-state index contributed by atoms with van der Waals surface area (Å²) in [7, 11) is 0. The van der Waals surface area contributed by atoms with Gasteiger partial charge in [0.25, 0.3) is 5.91 Å². The van der Waals surface area contributed by atoms with Gasteiger partial charge in [-0.2, -0.15) is 0 Å². The van der Waals surface area contributed by atoms with E-state index in [4.69, 9.17) is 0 Å². The summed E-state index contributed by atoms with van der Waals surface area (Å²) in [5.74, 6) is -1.97. The summed E-state index contributed by atoms with van der Waals surface area (Å²) in [6.45, 7) is 6.32. The lowest BCUT2D eigenvalue weighted by atomic mass is 10.1. The molecule has 0 radical (unpaired) electrons. The van der Waals surface area contributed by atoms with Crippen molar-refractivity contribution in [1.82, 2.24) is 9.99 Å². The van der Waals surface area contributed by atoms with Crippen molar-refractivity contribution in [3.63, 3.8) is 0 Å². The quantitative estimate of drug-likeness (QED) is 0.360. The van der Waals surface area contributed by atoms with Gasteiger partial charge in [0.15, 0.2) is 0 Å². The summed E-state index contributed by atoms with van der Waals surface area (Å²) in [5, 5.41) is 6.23. The molecule has 3 aromatic rings. The molecular weight excluding hydrogens is 460 g/mol. The van der Waals surface area contributed by atoms with Crippen molar-refractivity contribution in [3.05, 3.63) is 63.8 Å². The van der Waals surface area contributed by atoms with E-state index in [9.17, 15) is 14.4 Å². The fourth-order valence-corrected chi connectivity index (χ4v) is 3.54. The molecule has 3 N–H and O–H groups in total. The maximum Gasteiger partial charge on any atom is 0.328 e. The number of rotatable bonds is 6. The molecule has 0 spiro atoms. The van der Waals surface area contributed by atoms with Crippen molar-refractivity contribution in [2.45, 2.75) is 33.6 Å². The Labute approximate surface area is 189 Å². The maximum atomic E-state index is 13.1. The van der Waals surface area contributed by atoms with Crippen LogP contribution >= 0.6 is 15.9 Å². The van der Waals surface area contributed by atoms with E-state index in [2.05, 4.69) is 32.0 Å². The largest absolute Gasteiger partial charge is 0.348 e. The SMILES string of the molecule is CCCCNC(=O)C(=O)Nn1c(C(=O)Nc2cccc(C)c2C)cc2cc(Br)ccc21. The van der Waals surface area contributed by atoms with Crippen LogP contribution in [0.4, 0.5) is 5.69 Å². The van der Waals surface area contributed by atoms with Gasteiger partial charge in [0.05, 0.1) is 5.52 Å². The number of halogens is 1. The van der Waals surface area contributed by atoms with Crippen LogP contribution in [0.25, 0.3) is 10.9 Å². The number of unbranched alkanes of at least 4 members (excludes halogenated alkanes) is 1. The molecule has 1 aromatic heterocycles. The molecule has 0 aliphatic rings. The van der Waals surface area contributed by atoms with E-state index in [1.54, 1.807) is 18.2 Å². The number of anilines is 1. The molecule has 31 heavy (non-hydrogen) atoms. The number of aromatic nitrogens is 1. The Bertz CT molecular complexity index is 1150. The van der Waals surface area contributed by atoms with Crippen LogP contribution in [0.15, 0.2) is 46.9 Å². The second-order valence-corrected chi connectivity index (χ2v) is 8.24. The molecule has 7 nitrogen and oxygen atoms in total. The normalized spacial score (nSPS) is 10.7. The number of fused-ring (bicyclic) bond motifs is 1. The molecule has 0 aliphatic heterocycles. The van der Waals surface area contributed by atoms with Gasteiger partial charge < -0.3 is 10.6 Å². The van der Waals surface area contributed by atoms with Gasteiger partial charge in [-0.1, -0.05) is 41.4 Å². The van der Waals surface area contributed by atoms with Crippen LogP contribution in [-0.4, -0.2) is 28.9 Å². The predicted octanol–water partition coefficient (Wildman–Crippen LogP) is 4.26. The second kappa shape index (κ2) is 9.78. The van der Waals surface area contributed by atoms with Gasteiger partial charge in [0.1, 0.15) is 5.69 Å². The molecule has 1 heterocycles. The van der Waals surface area contributed by atoms with Crippen LogP contribution in [0.3, 0.4) is 0 Å². The minimum Gasteiger partial charge on any atom is -0.348 e. The minimum absolute atomic E-state index is 0.212. The standard InChI is InChI=1S/C23H25BrN4O3/c1-4-5-11-25-22(30)23(31)27-28-19-10-9-17(24)12-16(19)13-20(28)21(29)26-18-8-6-7-14(2)15(18)3/h6-10,12-13H,4-5,11H2,1-3H3,(H,25,30)(H,26,29)(H,27,31). The maximum absolute atomic E-state index is 13.1. The number of aryl methyl sites for hydroxylation is 1. The van der Waals surface area contributed by atoms with Gasteiger partial charge in [-0.15, -0.1) is 0 Å². The first-order valence-corrected chi connectivity index (χ1v) is 10.9. The molecule has 8 heteroatoms. The van der Waals surface area contributed by atoms with Gasteiger partial charge >= 0.3 is 11.8 Å². The van der Waals surface area contributed by atoms with Crippen LogP contribution in [0, 0.1) is 13.8 Å². The Morgan fingerprint density at radius 3 is 2.55 bits per heavy atom. The van der Waals surface area contributed by atoms with Crippen LogP contribution in [0.2, 0.25) is 0 Å². The van der Waals surface area contributed by atoms with Crippen LogP contribution < -0.4 is 16.1 Å². The molecule has 3 rings (SSSR count). The van der Waals surface area contributed by atoms with Gasteiger partial charge in [0, 0.05) is 22.1 Å². The van der Waals surface area contributed by atoms with Crippen LogP contribution in [0.5, 0.6) is 0 Å². The topological polar surface area (TPSA) is 92.2 Å². The van der Waals surface area contributed by atoms with E-state index < -0.39 is 17.7 Å². The van der Waals surface area contributed by atoms with Crippen LogP contribution in [0.1, 0.15) is 41.4 Å². The van der Waals surface area contributed by atoms with Crippen molar-refractivity contribution < 1.29 is 14.4 Å². The van der Waals surface area contributed by atoms with Gasteiger partial charge in [-0.3, -0.25) is 19.8 Å². The number of amides is 3. The second-order valence-electron chi connectivity index (χ2n) is 7.32. The van der Waals surface area contributed by atoms with Crippen LogP contribution in [-0.2, 0) is 9.59 Å². The Morgan fingerprint density at radius 1 is 1.03 bits per heavy atom. The Kier molecular flexibility index (Phi) is 7.12. The minimum atomic E-state index is -0.836. The summed E-state index contributed by atoms with van der Waals surface area (Å²) in [6.07, 6.45) is 1.69. The molecule has 0 atom stereocenters.